The lowest BCUT2D eigenvalue weighted by Gasteiger charge is -2.14. The maximum atomic E-state index is 13.2. The number of thioether (sulfide) groups is 1. The fraction of sp³-hybridized carbons (Fsp3) is 0.174. The number of rotatable bonds is 7. The van der Waals surface area contributed by atoms with Crippen molar-refractivity contribution in [2.75, 3.05) is 11.9 Å². The summed E-state index contributed by atoms with van der Waals surface area (Å²) in [5.74, 6) is -0.784. The zero-order valence-electron chi connectivity index (χ0n) is 16.4. The van der Waals surface area contributed by atoms with Crippen LogP contribution in [0.15, 0.2) is 71.2 Å². The summed E-state index contributed by atoms with van der Waals surface area (Å²) in [6.45, 7) is 2.30. The first kappa shape index (κ1) is 21.9. The lowest BCUT2D eigenvalue weighted by atomic mass is 10.1. The van der Waals surface area contributed by atoms with Crippen molar-refractivity contribution in [1.82, 2.24) is 4.90 Å². The largest absolute Gasteiger partial charge is 0.326 e. The highest BCUT2D eigenvalue weighted by molar-refractivity contribution is 8.26. The van der Waals surface area contributed by atoms with Gasteiger partial charge in [-0.1, -0.05) is 66.5 Å². The molecule has 1 aliphatic rings. The number of hydrogen-bond donors (Lipinski definition) is 1. The minimum Gasteiger partial charge on any atom is -0.326 e. The first-order chi connectivity index (χ1) is 14.4. The maximum absolute atomic E-state index is 13.2. The van der Waals surface area contributed by atoms with Crippen molar-refractivity contribution in [3.63, 3.8) is 0 Å². The highest BCUT2D eigenvalue weighted by Gasteiger charge is 2.31. The van der Waals surface area contributed by atoms with Gasteiger partial charge in [-0.3, -0.25) is 14.5 Å². The standard InChI is InChI=1S/C23H21FN2O2S2/c1-16(13-17-7-3-2-4-8-17)14-20-22(28)26(23(29)30-20)12-6-11-21(27)25-19-10-5-9-18(24)15-19/h2-5,7-10,13-15H,6,11-12H2,1H3,(H,25,27)/b16-13+,20-14+. The van der Waals surface area contributed by atoms with E-state index in [-0.39, 0.29) is 18.2 Å². The lowest BCUT2D eigenvalue weighted by molar-refractivity contribution is -0.122. The van der Waals surface area contributed by atoms with Crippen molar-refractivity contribution in [3.8, 4) is 0 Å². The Hall–Kier alpha value is -2.77. The minimum absolute atomic E-state index is 0.142. The van der Waals surface area contributed by atoms with Gasteiger partial charge in [-0.05, 0) is 48.8 Å². The van der Waals surface area contributed by atoms with Gasteiger partial charge in [0.1, 0.15) is 10.1 Å². The van der Waals surface area contributed by atoms with Crippen LogP contribution in [0.3, 0.4) is 0 Å². The van der Waals surface area contributed by atoms with Crippen LogP contribution in [0.4, 0.5) is 10.1 Å². The van der Waals surface area contributed by atoms with Crippen molar-refractivity contribution in [2.24, 2.45) is 0 Å². The van der Waals surface area contributed by atoms with Gasteiger partial charge >= 0.3 is 0 Å². The van der Waals surface area contributed by atoms with Gasteiger partial charge in [-0.15, -0.1) is 0 Å². The average Bonchev–Trinajstić information content (AvgIpc) is 2.96. The van der Waals surface area contributed by atoms with Crippen LogP contribution in [0.2, 0.25) is 0 Å². The summed E-state index contributed by atoms with van der Waals surface area (Å²) < 4.78 is 13.7. The molecule has 2 aromatic carbocycles. The molecule has 1 N–H and O–H groups in total. The van der Waals surface area contributed by atoms with Crippen molar-refractivity contribution < 1.29 is 14.0 Å². The molecule has 2 amide bonds. The summed E-state index contributed by atoms with van der Waals surface area (Å²) >= 11 is 6.61. The summed E-state index contributed by atoms with van der Waals surface area (Å²) in [5, 5.41) is 2.65. The average molecular weight is 441 g/mol. The van der Waals surface area contributed by atoms with Crippen LogP contribution >= 0.6 is 24.0 Å². The Morgan fingerprint density at radius 2 is 1.97 bits per heavy atom. The molecule has 1 heterocycles. The number of nitrogens with one attached hydrogen (secondary N) is 1. The first-order valence-corrected chi connectivity index (χ1v) is 10.7. The molecule has 0 saturated carbocycles. The molecular formula is C23H21FN2O2S2. The number of carbonyl (C=O) groups excluding carboxylic acids is 2. The number of benzene rings is 2. The van der Waals surface area contributed by atoms with Crippen LogP contribution in [-0.4, -0.2) is 27.6 Å². The van der Waals surface area contributed by atoms with E-state index in [1.165, 1.54) is 34.9 Å². The molecule has 1 saturated heterocycles. The van der Waals surface area contributed by atoms with Crippen LogP contribution in [0, 0.1) is 5.82 Å². The van der Waals surface area contributed by atoms with Crippen LogP contribution in [0.25, 0.3) is 6.08 Å². The Bertz CT molecular complexity index is 1020. The van der Waals surface area contributed by atoms with E-state index < -0.39 is 5.82 Å². The zero-order valence-corrected chi connectivity index (χ0v) is 18.1. The van der Waals surface area contributed by atoms with Gasteiger partial charge in [0.25, 0.3) is 5.91 Å². The first-order valence-electron chi connectivity index (χ1n) is 9.46. The molecule has 2 aromatic rings. The van der Waals surface area contributed by atoms with Crippen LogP contribution < -0.4 is 5.32 Å². The lowest BCUT2D eigenvalue weighted by Crippen LogP contribution is -2.29. The number of amides is 2. The number of allylic oxidation sites excluding steroid dienone is 2. The molecule has 1 aliphatic heterocycles. The number of nitrogens with zero attached hydrogens (tertiary/aromatic N) is 1. The van der Waals surface area contributed by atoms with E-state index in [9.17, 15) is 14.0 Å². The summed E-state index contributed by atoms with van der Waals surface area (Å²) in [4.78, 5) is 26.8. The molecule has 0 bridgehead atoms. The van der Waals surface area contributed by atoms with Gasteiger partial charge < -0.3 is 5.32 Å². The quantitative estimate of drug-likeness (QED) is 0.463. The molecule has 0 aliphatic carbocycles. The van der Waals surface area contributed by atoms with Gasteiger partial charge in [-0.2, -0.15) is 0 Å². The minimum atomic E-state index is -0.409. The predicted molar refractivity (Wildman–Crippen MR) is 124 cm³/mol. The van der Waals surface area contributed by atoms with E-state index in [4.69, 9.17) is 12.2 Å². The second kappa shape index (κ2) is 10.3. The SMILES string of the molecule is CC(=C\c1ccccc1)/C=C1/SC(=S)N(CCCC(=O)Nc2cccc(F)c2)C1=O. The second-order valence-corrected chi connectivity index (χ2v) is 8.47. The molecular weight excluding hydrogens is 419 g/mol. The van der Waals surface area contributed by atoms with E-state index in [2.05, 4.69) is 5.32 Å². The van der Waals surface area contributed by atoms with Crippen LogP contribution in [0.1, 0.15) is 25.3 Å². The number of thiocarbonyl (C=S) groups is 1. The van der Waals surface area contributed by atoms with Crippen molar-refractivity contribution in [2.45, 2.75) is 19.8 Å². The zero-order chi connectivity index (χ0) is 21.5. The van der Waals surface area contributed by atoms with E-state index in [0.29, 0.717) is 27.9 Å². The molecule has 0 aromatic heterocycles. The molecule has 3 rings (SSSR count). The van der Waals surface area contributed by atoms with Gasteiger partial charge in [0.05, 0.1) is 4.91 Å². The van der Waals surface area contributed by atoms with Crippen LogP contribution in [-0.2, 0) is 9.59 Å². The highest BCUT2D eigenvalue weighted by atomic mass is 32.2. The fourth-order valence-corrected chi connectivity index (χ4v) is 4.30. The Morgan fingerprint density at radius 3 is 2.70 bits per heavy atom. The molecule has 4 nitrogen and oxygen atoms in total. The topological polar surface area (TPSA) is 49.4 Å². The number of anilines is 1. The summed E-state index contributed by atoms with van der Waals surface area (Å²) in [5.41, 5.74) is 2.43. The van der Waals surface area contributed by atoms with Gasteiger partial charge in [0.2, 0.25) is 5.91 Å². The molecule has 7 heteroatoms. The number of halogens is 1. The monoisotopic (exact) mass is 440 g/mol. The smallest absolute Gasteiger partial charge is 0.266 e. The van der Waals surface area contributed by atoms with Crippen molar-refractivity contribution >= 4 is 51.9 Å². The van der Waals surface area contributed by atoms with Gasteiger partial charge in [-0.25, -0.2) is 4.39 Å². The molecule has 0 atom stereocenters. The molecule has 0 spiro atoms. The van der Waals surface area contributed by atoms with Crippen LogP contribution in [0.5, 0.6) is 0 Å². The third kappa shape index (κ3) is 6.11. The van der Waals surface area contributed by atoms with E-state index in [1.807, 2.05) is 49.4 Å². The third-order valence-corrected chi connectivity index (χ3v) is 5.70. The van der Waals surface area contributed by atoms with Crippen molar-refractivity contribution in [1.29, 1.82) is 0 Å². The third-order valence-electron chi connectivity index (χ3n) is 4.32. The molecule has 1 fully saturated rings. The Morgan fingerprint density at radius 1 is 1.20 bits per heavy atom. The summed E-state index contributed by atoms with van der Waals surface area (Å²) in [6.07, 6.45) is 4.51. The highest BCUT2D eigenvalue weighted by Crippen LogP contribution is 2.32. The Labute approximate surface area is 184 Å². The van der Waals surface area contributed by atoms with E-state index >= 15 is 0 Å². The predicted octanol–water partition coefficient (Wildman–Crippen LogP) is 5.39. The van der Waals surface area contributed by atoms with Gasteiger partial charge in [0, 0.05) is 18.7 Å². The second-order valence-electron chi connectivity index (χ2n) is 6.79. The fourth-order valence-electron chi connectivity index (χ4n) is 2.94. The molecule has 154 valence electrons. The Balaban J connectivity index is 1.53. The number of hydrogen-bond acceptors (Lipinski definition) is 4. The van der Waals surface area contributed by atoms with Gasteiger partial charge in [0.15, 0.2) is 0 Å². The van der Waals surface area contributed by atoms with E-state index in [1.54, 1.807) is 6.07 Å². The molecule has 0 unspecified atom stereocenters. The summed E-state index contributed by atoms with van der Waals surface area (Å²) in [7, 11) is 0. The van der Waals surface area contributed by atoms with Crippen molar-refractivity contribution in [3.05, 3.63) is 82.5 Å². The van der Waals surface area contributed by atoms with E-state index in [0.717, 1.165) is 11.1 Å². The number of carbonyl (C=O) groups is 2. The molecule has 0 radical (unpaired) electrons. The molecule has 30 heavy (non-hydrogen) atoms. The normalized spacial score (nSPS) is 15.7. The Kier molecular flexibility index (Phi) is 7.54. The maximum Gasteiger partial charge on any atom is 0.266 e. The summed E-state index contributed by atoms with van der Waals surface area (Å²) in [6, 6.07) is 15.6.